The van der Waals surface area contributed by atoms with Crippen LogP contribution in [0.4, 0.5) is 5.69 Å². The Balaban J connectivity index is 2.84. The molecule has 1 rings (SSSR count). The lowest BCUT2D eigenvalue weighted by Crippen LogP contribution is -2.23. The fourth-order valence-corrected chi connectivity index (χ4v) is 1.59. The molecule has 0 aliphatic rings. The van der Waals surface area contributed by atoms with Crippen LogP contribution >= 0.6 is 0 Å². The molecule has 0 heterocycles. The van der Waals surface area contributed by atoms with E-state index in [-0.39, 0.29) is 24.3 Å². The van der Waals surface area contributed by atoms with Crippen molar-refractivity contribution in [2.24, 2.45) is 5.11 Å². The van der Waals surface area contributed by atoms with Crippen LogP contribution in [-0.2, 0) is 9.53 Å². The molecule has 0 amide bonds. The van der Waals surface area contributed by atoms with Gasteiger partial charge < -0.3 is 14.9 Å². The van der Waals surface area contributed by atoms with E-state index in [1.165, 1.54) is 12.1 Å². The molecule has 0 aromatic heterocycles. The standard InChI is InChI=1S/C12H15N3O4/c1-2-19-11(17)7-10(16)12(18)8-5-3-4-6-9(8)14-15-13/h3-6,10,12,16,18H,2,7H2,1H3. The van der Waals surface area contributed by atoms with E-state index in [0.29, 0.717) is 0 Å². The van der Waals surface area contributed by atoms with Crippen molar-refractivity contribution in [2.45, 2.75) is 25.6 Å². The highest BCUT2D eigenvalue weighted by Gasteiger charge is 2.23. The zero-order valence-electron chi connectivity index (χ0n) is 10.4. The van der Waals surface area contributed by atoms with Crippen molar-refractivity contribution in [3.8, 4) is 0 Å². The predicted octanol–water partition coefficient (Wildman–Crippen LogP) is 1.98. The van der Waals surface area contributed by atoms with Gasteiger partial charge in [-0.15, -0.1) is 0 Å². The van der Waals surface area contributed by atoms with E-state index >= 15 is 0 Å². The molecule has 7 nitrogen and oxygen atoms in total. The molecular formula is C12H15N3O4. The van der Waals surface area contributed by atoms with Crippen LogP contribution in [0.1, 0.15) is 25.0 Å². The highest BCUT2D eigenvalue weighted by Crippen LogP contribution is 2.28. The number of nitrogens with zero attached hydrogens (tertiary/aromatic N) is 3. The molecule has 1 aromatic carbocycles. The second-order valence-corrected chi connectivity index (χ2v) is 3.77. The number of azide groups is 1. The van der Waals surface area contributed by atoms with E-state index in [9.17, 15) is 15.0 Å². The molecule has 2 N–H and O–H groups in total. The molecule has 2 atom stereocenters. The Bertz CT molecular complexity index is 486. The van der Waals surface area contributed by atoms with Crippen LogP contribution < -0.4 is 0 Å². The Morgan fingerprint density at radius 1 is 1.47 bits per heavy atom. The fourth-order valence-electron chi connectivity index (χ4n) is 1.59. The summed E-state index contributed by atoms with van der Waals surface area (Å²) in [6, 6.07) is 6.29. The summed E-state index contributed by atoms with van der Waals surface area (Å²) in [5, 5.41) is 23.2. The van der Waals surface area contributed by atoms with E-state index in [1.54, 1.807) is 19.1 Å². The summed E-state index contributed by atoms with van der Waals surface area (Å²) < 4.78 is 4.68. The minimum absolute atomic E-state index is 0.205. The maximum atomic E-state index is 11.2. The number of carbonyl (C=O) groups is 1. The maximum Gasteiger partial charge on any atom is 0.308 e. The normalized spacial score (nSPS) is 13.2. The Hall–Kier alpha value is -2.08. The van der Waals surface area contributed by atoms with Crippen molar-refractivity contribution >= 4 is 11.7 Å². The van der Waals surface area contributed by atoms with Crippen molar-refractivity contribution in [1.29, 1.82) is 0 Å². The first-order valence-corrected chi connectivity index (χ1v) is 5.76. The van der Waals surface area contributed by atoms with Crippen molar-refractivity contribution in [3.63, 3.8) is 0 Å². The van der Waals surface area contributed by atoms with E-state index in [2.05, 4.69) is 14.8 Å². The third-order valence-electron chi connectivity index (χ3n) is 2.45. The SMILES string of the molecule is CCOC(=O)CC(O)C(O)c1ccccc1N=[N+]=[N-]. The number of hydrogen-bond acceptors (Lipinski definition) is 5. The highest BCUT2D eigenvalue weighted by molar-refractivity contribution is 5.70. The quantitative estimate of drug-likeness (QED) is 0.354. The first kappa shape index (κ1) is 15.0. The van der Waals surface area contributed by atoms with Gasteiger partial charge in [-0.05, 0) is 18.0 Å². The lowest BCUT2D eigenvalue weighted by atomic mass is 10.0. The number of ether oxygens (including phenoxy) is 1. The summed E-state index contributed by atoms with van der Waals surface area (Å²) in [6.07, 6.45) is -2.99. The first-order valence-electron chi connectivity index (χ1n) is 5.76. The Morgan fingerprint density at radius 3 is 2.79 bits per heavy atom. The zero-order chi connectivity index (χ0) is 14.3. The topological polar surface area (TPSA) is 116 Å². The predicted molar refractivity (Wildman–Crippen MR) is 67.5 cm³/mol. The summed E-state index contributed by atoms with van der Waals surface area (Å²) in [5.41, 5.74) is 8.89. The van der Waals surface area contributed by atoms with Crippen molar-refractivity contribution in [2.75, 3.05) is 6.61 Å². The molecule has 2 unspecified atom stereocenters. The van der Waals surface area contributed by atoms with Gasteiger partial charge in [0, 0.05) is 10.6 Å². The van der Waals surface area contributed by atoms with Gasteiger partial charge in [0.25, 0.3) is 0 Å². The average molecular weight is 265 g/mol. The van der Waals surface area contributed by atoms with Gasteiger partial charge in [-0.1, -0.05) is 29.4 Å². The summed E-state index contributed by atoms with van der Waals surface area (Å²) in [5.74, 6) is -0.602. The number of aliphatic hydroxyl groups is 2. The third-order valence-corrected chi connectivity index (χ3v) is 2.45. The molecule has 7 heteroatoms. The maximum absolute atomic E-state index is 11.2. The molecule has 1 aromatic rings. The van der Waals surface area contributed by atoms with Gasteiger partial charge in [0.05, 0.1) is 19.1 Å². The minimum Gasteiger partial charge on any atom is -0.466 e. The minimum atomic E-state index is -1.33. The molecule has 19 heavy (non-hydrogen) atoms. The van der Waals surface area contributed by atoms with Crippen LogP contribution in [0, 0.1) is 0 Å². The van der Waals surface area contributed by atoms with Gasteiger partial charge in [0.2, 0.25) is 0 Å². The second kappa shape index (κ2) is 7.38. The second-order valence-electron chi connectivity index (χ2n) is 3.77. The lowest BCUT2D eigenvalue weighted by molar-refractivity contribution is -0.147. The number of esters is 1. The number of aliphatic hydroxyl groups excluding tert-OH is 2. The lowest BCUT2D eigenvalue weighted by Gasteiger charge is -2.18. The average Bonchev–Trinajstić information content (AvgIpc) is 2.39. The molecule has 0 bridgehead atoms. The van der Waals surface area contributed by atoms with Gasteiger partial charge >= 0.3 is 5.97 Å². The molecular weight excluding hydrogens is 250 g/mol. The highest BCUT2D eigenvalue weighted by atomic mass is 16.5. The van der Waals surface area contributed by atoms with Crippen molar-refractivity contribution in [1.82, 2.24) is 0 Å². The van der Waals surface area contributed by atoms with Crippen molar-refractivity contribution < 1.29 is 19.7 Å². The van der Waals surface area contributed by atoms with Gasteiger partial charge in [0.15, 0.2) is 0 Å². The molecule has 102 valence electrons. The van der Waals surface area contributed by atoms with Crippen molar-refractivity contribution in [3.05, 3.63) is 40.3 Å². The first-order chi connectivity index (χ1) is 9.10. The number of benzene rings is 1. The van der Waals surface area contributed by atoms with Crippen LogP contribution in [0.5, 0.6) is 0 Å². The van der Waals surface area contributed by atoms with Crippen LogP contribution in [0.3, 0.4) is 0 Å². The smallest absolute Gasteiger partial charge is 0.308 e. The van der Waals surface area contributed by atoms with Crippen LogP contribution in [0.2, 0.25) is 0 Å². The van der Waals surface area contributed by atoms with E-state index in [0.717, 1.165) is 0 Å². The van der Waals surface area contributed by atoms with E-state index < -0.39 is 18.2 Å². The number of hydrogen-bond donors (Lipinski definition) is 2. The Morgan fingerprint density at radius 2 is 2.16 bits per heavy atom. The fraction of sp³-hybridized carbons (Fsp3) is 0.417. The van der Waals surface area contributed by atoms with Crippen LogP contribution in [0.15, 0.2) is 29.4 Å². The largest absolute Gasteiger partial charge is 0.466 e. The third kappa shape index (κ3) is 4.26. The Labute approximate surface area is 110 Å². The van der Waals surface area contributed by atoms with E-state index in [4.69, 9.17) is 5.53 Å². The summed E-state index contributed by atoms with van der Waals surface area (Å²) in [7, 11) is 0. The zero-order valence-corrected chi connectivity index (χ0v) is 10.4. The summed E-state index contributed by atoms with van der Waals surface area (Å²) in [4.78, 5) is 13.9. The summed E-state index contributed by atoms with van der Waals surface area (Å²) >= 11 is 0. The molecule has 0 saturated heterocycles. The molecule has 0 aliphatic carbocycles. The molecule has 0 radical (unpaired) electrons. The number of rotatable bonds is 6. The summed E-state index contributed by atoms with van der Waals surface area (Å²) in [6.45, 7) is 1.86. The Kier molecular flexibility index (Phi) is 5.81. The van der Waals surface area contributed by atoms with Gasteiger partial charge in [-0.3, -0.25) is 4.79 Å². The van der Waals surface area contributed by atoms with Gasteiger partial charge in [-0.25, -0.2) is 0 Å². The monoisotopic (exact) mass is 265 g/mol. The van der Waals surface area contributed by atoms with Crippen LogP contribution in [0.25, 0.3) is 10.4 Å². The molecule has 0 aliphatic heterocycles. The van der Waals surface area contributed by atoms with Crippen LogP contribution in [-0.4, -0.2) is 28.9 Å². The molecule has 0 spiro atoms. The van der Waals surface area contributed by atoms with Gasteiger partial charge in [-0.2, -0.15) is 0 Å². The van der Waals surface area contributed by atoms with E-state index in [1.807, 2.05) is 0 Å². The molecule has 0 saturated carbocycles. The number of carbonyl (C=O) groups excluding carboxylic acids is 1. The van der Waals surface area contributed by atoms with Gasteiger partial charge in [0.1, 0.15) is 6.10 Å². The molecule has 0 fully saturated rings.